The molecule has 1 fully saturated rings. The van der Waals surface area contributed by atoms with Crippen LogP contribution in [0.2, 0.25) is 0 Å². The predicted molar refractivity (Wildman–Crippen MR) is 94.0 cm³/mol. The normalized spacial score (nSPS) is 19.6. The largest absolute Gasteiger partial charge is 0.312 e. The van der Waals surface area contributed by atoms with E-state index in [1.54, 1.807) is 5.56 Å². The van der Waals surface area contributed by atoms with Gasteiger partial charge in [0, 0.05) is 22.8 Å². The number of thiophene rings is 1. The third kappa shape index (κ3) is 5.39. The molecule has 0 aliphatic carbocycles. The van der Waals surface area contributed by atoms with Gasteiger partial charge >= 0.3 is 0 Å². The van der Waals surface area contributed by atoms with Crippen LogP contribution >= 0.6 is 11.3 Å². The van der Waals surface area contributed by atoms with Crippen molar-refractivity contribution >= 4 is 11.3 Å². The SMILES string of the molecule is CCCNCc1cc(CN2CCCC(C)(C)CC2)c(C)s1. The van der Waals surface area contributed by atoms with Crippen LogP contribution in [0.25, 0.3) is 0 Å². The van der Waals surface area contributed by atoms with Crippen molar-refractivity contribution in [1.29, 1.82) is 0 Å². The van der Waals surface area contributed by atoms with Crippen molar-refractivity contribution < 1.29 is 0 Å². The van der Waals surface area contributed by atoms with Gasteiger partial charge in [0.1, 0.15) is 0 Å². The Morgan fingerprint density at radius 2 is 2.10 bits per heavy atom. The third-order valence-corrected chi connectivity index (χ3v) is 5.72. The Balaban J connectivity index is 1.90. The van der Waals surface area contributed by atoms with Crippen LogP contribution in [0.3, 0.4) is 0 Å². The van der Waals surface area contributed by atoms with Gasteiger partial charge in [-0.3, -0.25) is 4.90 Å². The maximum atomic E-state index is 3.51. The maximum Gasteiger partial charge on any atom is 0.0299 e. The number of rotatable bonds is 6. The summed E-state index contributed by atoms with van der Waals surface area (Å²) in [7, 11) is 0. The zero-order chi connectivity index (χ0) is 15.3. The Hall–Kier alpha value is -0.380. The van der Waals surface area contributed by atoms with Gasteiger partial charge in [-0.15, -0.1) is 11.3 Å². The van der Waals surface area contributed by atoms with Gasteiger partial charge in [0.15, 0.2) is 0 Å². The molecule has 1 aliphatic rings. The Labute approximate surface area is 134 Å². The van der Waals surface area contributed by atoms with E-state index in [9.17, 15) is 0 Å². The van der Waals surface area contributed by atoms with Crippen molar-refractivity contribution in [2.75, 3.05) is 19.6 Å². The quantitative estimate of drug-likeness (QED) is 0.775. The predicted octanol–water partition coefficient (Wildman–Crippen LogP) is 4.57. The first-order valence-corrected chi connectivity index (χ1v) is 9.33. The van der Waals surface area contributed by atoms with Crippen molar-refractivity contribution in [2.45, 2.75) is 66.5 Å². The van der Waals surface area contributed by atoms with Gasteiger partial charge in [0.05, 0.1) is 0 Å². The van der Waals surface area contributed by atoms with E-state index in [1.165, 1.54) is 48.5 Å². The second kappa shape index (κ2) is 7.75. The summed E-state index contributed by atoms with van der Waals surface area (Å²) >= 11 is 1.97. The molecule has 1 aromatic heterocycles. The fourth-order valence-corrected chi connectivity index (χ4v) is 4.12. The van der Waals surface area contributed by atoms with Crippen LogP contribution in [-0.2, 0) is 13.1 Å². The van der Waals surface area contributed by atoms with Crippen molar-refractivity contribution in [3.8, 4) is 0 Å². The molecule has 0 unspecified atom stereocenters. The highest BCUT2D eigenvalue weighted by Crippen LogP contribution is 2.31. The maximum absolute atomic E-state index is 3.51. The van der Waals surface area contributed by atoms with Gasteiger partial charge in [-0.05, 0) is 69.3 Å². The van der Waals surface area contributed by atoms with Gasteiger partial charge in [-0.1, -0.05) is 20.8 Å². The molecule has 0 atom stereocenters. The van der Waals surface area contributed by atoms with E-state index in [0.29, 0.717) is 5.41 Å². The molecular weight excluding hydrogens is 276 g/mol. The summed E-state index contributed by atoms with van der Waals surface area (Å²) in [6.07, 6.45) is 5.27. The fraction of sp³-hybridized carbons (Fsp3) is 0.778. The van der Waals surface area contributed by atoms with Crippen LogP contribution in [0.5, 0.6) is 0 Å². The third-order valence-electron chi connectivity index (χ3n) is 4.62. The highest BCUT2D eigenvalue weighted by molar-refractivity contribution is 7.12. The summed E-state index contributed by atoms with van der Waals surface area (Å²) in [5.74, 6) is 0. The van der Waals surface area contributed by atoms with Gasteiger partial charge in [0.25, 0.3) is 0 Å². The van der Waals surface area contributed by atoms with Crippen LogP contribution in [0.15, 0.2) is 6.07 Å². The molecule has 0 amide bonds. The first kappa shape index (κ1) is 17.0. The van der Waals surface area contributed by atoms with Crippen molar-refractivity contribution in [3.63, 3.8) is 0 Å². The van der Waals surface area contributed by atoms with Crippen molar-refractivity contribution in [2.24, 2.45) is 5.41 Å². The van der Waals surface area contributed by atoms with Gasteiger partial charge in [-0.25, -0.2) is 0 Å². The van der Waals surface area contributed by atoms with Crippen molar-refractivity contribution in [1.82, 2.24) is 10.2 Å². The molecular formula is C18H32N2S. The molecule has 0 aromatic carbocycles. The topological polar surface area (TPSA) is 15.3 Å². The molecule has 2 rings (SSSR count). The van der Waals surface area contributed by atoms with E-state index < -0.39 is 0 Å². The summed E-state index contributed by atoms with van der Waals surface area (Å²) in [5, 5.41) is 3.51. The van der Waals surface area contributed by atoms with Gasteiger partial charge < -0.3 is 5.32 Å². The minimum absolute atomic E-state index is 0.535. The summed E-state index contributed by atoms with van der Waals surface area (Å²) in [6.45, 7) is 15.2. The lowest BCUT2D eigenvalue weighted by Gasteiger charge is -2.23. The van der Waals surface area contributed by atoms with Crippen LogP contribution in [0, 0.1) is 12.3 Å². The van der Waals surface area contributed by atoms with E-state index >= 15 is 0 Å². The molecule has 3 heteroatoms. The van der Waals surface area contributed by atoms with E-state index in [4.69, 9.17) is 0 Å². The summed E-state index contributed by atoms with van der Waals surface area (Å²) < 4.78 is 0. The van der Waals surface area contributed by atoms with Crippen LogP contribution < -0.4 is 5.32 Å². The van der Waals surface area contributed by atoms with Crippen LogP contribution in [0.1, 0.15) is 61.8 Å². The van der Waals surface area contributed by atoms with Crippen LogP contribution in [-0.4, -0.2) is 24.5 Å². The minimum atomic E-state index is 0.535. The van der Waals surface area contributed by atoms with E-state index in [-0.39, 0.29) is 0 Å². The van der Waals surface area contributed by atoms with E-state index in [0.717, 1.165) is 19.6 Å². The number of nitrogens with zero attached hydrogens (tertiary/aromatic N) is 1. The monoisotopic (exact) mass is 308 g/mol. The lowest BCUT2D eigenvalue weighted by Crippen LogP contribution is -2.25. The minimum Gasteiger partial charge on any atom is -0.312 e. The summed E-state index contributed by atoms with van der Waals surface area (Å²) in [4.78, 5) is 5.66. The van der Waals surface area contributed by atoms with E-state index in [2.05, 4.69) is 44.0 Å². The van der Waals surface area contributed by atoms with Gasteiger partial charge in [0.2, 0.25) is 0 Å². The van der Waals surface area contributed by atoms with Crippen molar-refractivity contribution in [3.05, 3.63) is 21.4 Å². The molecule has 0 radical (unpaired) electrons. The van der Waals surface area contributed by atoms with Gasteiger partial charge in [-0.2, -0.15) is 0 Å². The molecule has 2 nitrogen and oxygen atoms in total. The number of hydrogen-bond acceptors (Lipinski definition) is 3. The van der Waals surface area contributed by atoms with E-state index in [1.807, 2.05) is 11.3 Å². The molecule has 0 saturated carbocycles. The Morgan fingerprint density at radius 1 is 1.29 bits per heavy atom. The number of likely N-dealkylation sites (tertiary alicyclic amines) is 1. The first-order chi connectivity index (χ1) is 10.00. The highest BCUT2D eigenvalue weighted by atomic mass is 32.1. The Kier molecular flexibility index (Phi) is 6.27. The molecule has 21 heavy (non-hydrogen) atoms. The fourth-order valence-electron chi connectivity index (χ4n) is 3.10. The first-order valence-electron chi connectivity index (χ1n) is 8.51. The average Bonchev–Trinajstić information content (AvgIpc) is 2.66. The number of aryl methyl sites for hydroxylation is 1. The molecule has 0 spiro atoms. The molecule has 120 valence electrons. The summed E-state index contributed by atoms with van der Waals surface area (Å²) in [6, 6.07) is 2.43. The smallest absolute Gasteiger partial charge is 0.0299 e. The molecule has 2 heterocycles. The lowest BCUT2D eigenvalue weighted by atomic mass is 9.85. The zero-order valence-electron chi connectivity index (χ0n) is 14.3. The molecule has 1 aromatic rings. The highest BCUT2D eigenvalue weighted by Gasteiger charge is 2.23. The molecule has 1 N–H and O–H groups in total. The number of hydrogen-bond donors (Lipinski definition) is 1. The average molecular weight is 309 g/mol. The zero-order valence-corrected chi connectivity index (χ0v) is 15.1. The molecule has 1 saturated heterocycles. The second-order valence-corrected chi connectivity index (χ2v) is 8.61. The Morgan fingerprint density at radius 3 is 2.86 bits per heavy atom. The summed E-state index contributed by atoms with van der Waals surface area (Å²) in [5.41, 5.74) is 2.08. The second-order valence-electron chi connectivity index (χ2n) is 7.26. The number of nitrogens with one attached hydrogen (secondary N) is 1. The molecule has 1 aliphatic heterocycles. The lowest BCUT2D eigenvalue weighted by molar-refractivity contribution is 0.256. The van der Waals surface area contributed by atoms with Crippen LogP contribution in [0.4, 0.5) is 0 Å². The Bertz CT molecular complexity index is 436. The molecule has 0 bridgehead atoms. The standard InChI is InChI=1S/C18H32N2S/c1-5-9-19-13-17-12-16(15(2)21-17)14-20-10-6-7-18(3,4)8-11-20/h12,19H,5-11,13-14H2,1-4H3.